The van der Waals surface area contributed by atoms with Crippen LogP contribution in [0.15, 0.2) is 48.5 Å². The van der Waals surface area contributed by atoms with Gasteiger partial charge in [0, 0.05) is 18.0 Å². The third-order valence-electron chi connectivity index (χ3n) is 3.52. The second-order valence-electron chi connectivity index (χ2n) is 5.54. The van der Waals surface area contributed by atoms with Gasteiger partial charge in [-0.25, -0.2) is 0 Å². The van der Waals surface area contributed by atoms with Gasteiger partial charge in [-0.3, -0.25) is 4.79 Å². The molecule has 0 aromatic heterocycles. The van der Waals surface area contributed by atoms with Gasteiger partial charge in [0.25, 0.3) is 0 Å². The van der Waals surface area contributed by atoms with E-state index < -0.39 is 0 Å². The van der Waals surface area contributed by atoms with Gasteiger partial charge in [0.15, 0.2) is 0 Å². The predicted molar refractivity (Wildman–Crippen MR) is 116 cm³/mol. The number of rotatable bonds is 7. The number of carbonyl (C=O) groups excluding carboxylic acids is 2. The monoisotopic (exact) mass is 389 g/mol. The third kappa shape index (κ3) is 10.6. The lowest BCUT2D eigenvalue weighted by atomic mass is 10.0. The van der Waals surface area contributed by atoms with Gasteiger partial charge >= 0.3 is 0 Å². The molecule has 3 nitrogen and oxygen atoms in total. The molecule has 0 aliphatic heterocycles. The Morgan fingerprint density at radius 2 is 1.33 bits per heavy atom. The number of halogens is 1. The van der Waals surface area contributed by atoms with E-state index in [0.717, 1.165) is 16.7 Å². The van der Waals surface area contributed by atoms with E-state index in [0.29, 0.717) is 30.8 Å². The fourth-order valence-corrected chi connectivity index (χ4v) is 2.40. The van der Waals surface area contributed by atoms with Gasteiger partial charge in [0.05, 0.1) is 6.42 Å². The Balaban J connectivity index is 0.00000158. The zero-order chi connectivity index (χ0) is 20.7. The first-order valence-electron chi connectivity index (χ1n) is 9.65. The molecular formula is C23H32ClNO2. The first-order chi connectivity index (χ1) is 13.0. The molecule has 0 saturated carbocycles. The molecule has 0 unspecified atom stereocenters. The van der Waals surface area contributed by atoms with Gasteiger partial charge < -0.3 is 10.1 Å². The molecule has 0 heterocycles. The summed E-state index contributed by atoms with van der Waals surface area (Å²) in [6.45, 7) is 10.1. The van der Waals surface area contributed by atoms with E-state index in [-0.39, 0.29) is 11.7 Å². The molecule has 2 rings (SSSR count). The highest BCUT2D eigenvalue weighted by Gasteiger charge is 2.04. The van der Waals surface area contributed by atoms with E-state index in [2.05, 4.69) is 5.32 Å². The van der Waals surface area contributed by atoms with Crippen LogP contribution in [0.25, 0.3) is 11.1 Å². The lowest BCUT2D eigenvalue weighted by molar-refractivity contribution is -0.121. The van der Waals surface area contributed by atoms with Crippen LogP contribution in [0.2, 0.25) is 5.02 Å². The van der Waals surface area contributed by atoms with Crippen LogP contribution in [0, 0.1) is 0 Å². The van der Waals surface area contributed by atoms with Crippen molar-refractivity contribution in [2.24, 2.45) is 0 Å². The molecule has 0 aliphatic carbocycles. The Kier molecular flexibility index (Phi) is 13.8. The summed E-state index contributed by atoms with van der Waals surface area (Å²) in [6, 6.07) is 15.6. The minimum atomic E-state index is -0.0206. The summed E-state index contributed by atoms with van der Waals surface area (Å²) in [5.74, 6) is 0.129. The molecule has 0 saturated heterocycles. The number of benzene rings is 2. The van der Waals surface area contributed by atoms with E-state index in [1.807, 2.05) is 76.2 Å². The topological polar surface area (TPSA) is 46.2 Å². The van der Waals surface area contributed by atoms with Gasteiger partial charge in [-0.05, 0) is 42.2 Å². The highest BCUT2D eigenvalue weighted by molar-refractivity contribution is 6.30. The molecule has 4 heteroatoms. The Morgan fingerprint density at radius 3 is 1.81 bits per heavy atom. The Hall–Kier alpha value is -2.13. The molecule has 0 spiro atoms. The average molecular weight is 390 g/mol. The second-order valence-corrected chi connectivity index (χ2v) is 5.97. The summed E-state index contributed by atoms with van der Waals surface area (Å²) in [5.41, 5.74) is 3.15. The van der Waals surface area contributed by atoms with Crippen molar-refractivity contribution in [2.75, 3.05) is 6.54 Å². The number of hydrogen-bond acceptors (Lipinski definition) is 2. The van der Waals surface area contributed by atoms with Crippen molar-refractivity contribution in [3.8, 4) is 11.1 Å². The van der Waals surface area contributed by atoms with E-state index in [4.69, 9.17) is 11.6 Å². The molecule has 0 aliphatic rings. The molecule has 27 heavy (non-hydrogen) atoms. The van der Waals surface area contributed by atoms with Gasteiger partial charge in [-0.2, -0.15) is 0 Å². The maximum Gasteiger partial charge on any atom is 0.224 e. The number of carbonyl (C=O) groups is 2. The highest BCUT2D eigenvalue weighted by Crippen LogP contribution is 2.22. The molecule has 2 aromatic carbocycles. The van der Waals surface area contributed by atoms with E-state index in [1.165, 1.54) is 0 Å². The molecule has 148 valence electrons. The quantitative estimate of drug-likeness (QED) is 0.582. The normalized spacial score (nSPS) is 9.26. The van der Waals surface area contributed by atoms with Crippen LogP contribution < -0.4 is 5.32 Å². The maximum atomic E-state index is 11.8. The van der Waals surface area contributed by atoms with E-state index >= 15 is 0 Å². The fraction of sp³-hybridized carbons (Fsp3) is 0.391. The van der Waals surface area contributed by atoms with Crippen LogP contribution in [0.5, 0.6) is 0 Å². The second kappa shape index (κ2) is 15.0. The summed E-state index contributed by atoms with van der Waals surface area (Å²) in [5, 5.41) is 3.55. The van der Waals surface area contributed by atoms with Gasteiger partial charge in [-0.15, -0.1) is 0 Å². The Morgan fingerprint density at radius 1 is 0.852 bits per heavy atom. The molecular weight excluding hydrogens is 358 g/mol. The zero-order valence-electron chi connectivity index (χ0n) is 17.1. The Bertz CT molecular complexity index is 664. The summed E-state index contributed by atoms with van der Waals surface area (Å²) in [4.78, 5) is 22.7. The molecule has 1 N–H and O–H groups in total. The van der Waals surface area contributed by atoms with Crippen LogP contribution in [-0.4, -0.2) is 18.2 Å². The molecule has 0 fully saturated rings. The average Bonchev–Trinajstić information content (AvgIpc) is 2.69. The van der Waals surface area contributed by atoms with E-state index in [9.17, 15) is 9.59 Å². The van der Waals surface area contributed by atoms with Crippen LogP contribution >= 0.6 is 11.6 Å². The van der Waals surface area contributed by atoms with Crippen LogP contribution in [0.3, 0.4) is 0 Å². The minimum absolute atomic E-state index is 0.0206. The van der Waals surface area contributed by atoms with Crippen LogP contribution in [0.4, 0.5) is 0 Å². The smallest absolute Gasteiger partial charge is 0.224 e. The number of amides is 1. The summed E-state index contributed by atoms with van der Waals surface area (Å²) in [6.07, 6.45) is 1.55. The Labute approximate surface area is 169 Å². The molecule has 0 atom stereocenters. The van der Waals surface area contributed by atoms with Crippen molar-refractivity contribution in [3.63, 3.8) is 0 Å². The van der Waals surface area contributed by atoms with Crippen molar-refractivity contribution >= 4 is 23.3 Å². The summed E-state index contributed by atoms with van der Waals surface area (Å²) >= 11 is 5.89. The maximum absolute atomic E-state index is 11.8. The first kappa shape index (κ1) is 24.9. The molecule has 1 amide bonds. The van der Waals surface area contributed by atoms with Gasteiger partial charge in [-0.1, -0.05) is 75.7 Å². The first-order valence-corrected chi connectivity index (χ1v) is 10.0. The SMILES string of the molecule is CC.CC.CC(=O)CCCNC(=O)Cc1ccc(-c2ccc(Cl)cc2)cc1. The van der Waals surface area contributed by atoms with E-state index in [1.54, 1.807) is 6.92 Å². The largest absolute Gasteiger partial charge is 0.356 e. The fourth-order valence-electron chi connectivity index (χ4n) is 2.27. The molecule has 2 aromatic rings. The lowest BCUT2D eigenvalue weighted by Gasteiger charge is -2.06. The van der Waals surface area contributed by atoms with Crippen LogP contribution in [-0.2, 0) is 16.0 Å². The van der Waals surface area contributed by atoms with Crippen LogP contribution in [0.1, 0.15) is 53.0 Å². The zero-order valence-corrected chi connectivity index (χ0v) is 17.9. The molecule has 0 radical (unpaired) electrons. The highest BCUT2D eigenvalue weighted by atomic mass is 35.5. The van der Waals surface area contributed by atoms with Gasteiger partial charge in [0.2, 0.25) is 5.91 Å². The standard InChI is InChI=1S/C19H20ClNO2.2C2H6/c1-14(22)3-2-12-21-19(23)13-15-4-6-16(7-5-15)17-8-10-18(20)11-9-17;2*1-2/h4-11H,2-3,12-13H2,1H3,(H,21,23);2*1-2H3. The minimum Gasteiger partial charge on any atom is -0.356 e. The van der Waals surface area contributed by atoms with Crippen molar-refractivity contribution in [1.29, 1.82) is 0 Å². The van der Waals surface area contributed by atoms with Gasteiger partial charge in [0.1, 0.15) is 5.78 Å². The van der Waals surface area contributed by atoms with Crippen molar-refractivity contribution in [3.05, 3.63) is 59.1 Å². The number of Topliss-reactive ketones (excluding diaryl/α,β-unsaturated/α-hetero) is 1. The third-order valence-corrected chi connectivity index (χ3v) is 3.78. The van der Waals surface area contributed by atoms with Crippen molar-refractivity contribution in [1.82, 2.24) is 5.32 Å². The van der Waals surface area contributed by atoms with Crippen molar-refractivity contribution < 1.29 is 9.59 Å². The number of nitrogens with one attached hydrogen (secondary N) is 1. The summed E-state index contributed by atoms with van der Waals surface area (Å²) in [7, 11) is 0. The number of ketones is 1. The van der Waals surface area contributed by atoms with Crippen molar-refractivity contribution in [2.45, 2.75) is 53.9 Å². The molecule has 0 bridgehead atoms. The predicted octanol–water partition coefficient (Wildman–Crippen LogP) is 6.09. The number of hydrogen-bond donors (Lipinski definition) is 1. The lowest BCUT2D eigenvalue weighted by Crippen LogP contribution is -2.26. The summed E-state index contributed by atoms with van der Waals surface area (Å²) < 4.78 is 0.